The molecule has 0 fully saturated rings. The van der Waals surface area contributed by atoms with E-state index in [-0.39, 0.29) is 11.9 Å². The van der Waals surface area contributed by atoms with Crippen molar-refractivity contribution in [1.29, 1.82) is 0 Å². The summed E-state index contributed by atoms with van der Waals surface area (Å²) in [4.78, 5) is 10.6. The third kappa shape index (κ3) is 3.57. The largest absolute Gasteiger partial charge is 0.370 e. The Morgan fingerprint density at radius 2 is 2.50 bits per heavy atom. The number of rotatable bonds is 5. The standard InChI is InChI=1S/C9H16N4O/c1-7(3-9(10)14)11-4-8-5-12-13(2)6-8/h5-7,11H,3-4H2,1-2H3,(H2,10,14). The maximum atomic E-state index is 10.6. The summed E-state index contributed by atoms with van der Waals surface area (Å²) in [5, 5.41) is 7.23. The molecular weight excluding hydrogens is 180 g/mol. The second-order valence-corrected chi connectivity index (χ2v) is 3.47. The van der Waals surface area contributed by atoms with E-state index in [2.05, 4.69) is 10.4 Å². The van der Waals surface area contributed by atoms with Crippen molar-refractivity contribution >= 4 is 5.91 Å². The highest BCUT2D eigenvalue weighted by molar-refractivity contribution is 5.74. The summed E-state index contributed by atoms with van der Waals surface area (Å²) in [7, 11) is 1.87. The molecule has 1 aromatic rings. The number of carbonyl (C=O) groups excluding carboxylic acids is 1. The average molecular weight is 196 g/mol. The fourth-order valence-electron chi connectivity index (χ4n) is 1.23. The van der Waals surface area contributed by atoms with Crippen LogP contribution in [-0.4, -0.2) is 21.7 Å². The molecule has 5 heteroatoms. The topological polar surface area (TPSA) is 72.9 Å². The minimum Gasteiger partial charge on any atom is -0.370 e. The molecule has 0 aliphatic rings. The van der Waals surface area contributed by atoms with Gasteiger partial charge in [-0.05, 0) is 6.92 Å². The minimum absolute atomic E-state index is 0.104. The molecule has 78 valence electrons. The zero-order chi connectivity index (χ0) is 10.6. The molecule has 1 amide bonds. The Balaban J connectivity index is 2.30. The van der Waals surface area contributed by atoms with Crippen LogP contribution in [0.3, 0.4) is 0 Å². The van der Waals surface area contributed by atoms with E-state index < -0.39 is 0 Å². The molecule has 14 heavy (non-hydrogen) atoms. The lowest BCUT2D eigenvalue weighted by atomic mass is 10.2. The number of amides is 1. The first-order chi connectivity index (χ1) is 6.58. The first-order valence-corrected chi connectivity index (χ1v) is 4.57. The van der Waals surface area contributed by atoms with Gasteiger partial charge < -0.3 is 11.1 Å². The Morgan fingerprint density at radius 3 is 3.00 bits per heavy atom. The molecule has 0 aliphatic carbocycles. The Hall–Kier alpha value is -1.36. The normalized spacial score (nSPS) is 12.7. The summed E-state index contributed by atoms with van der Waals surface area (Å²) in [6.07, 6.45) is 4.09. The number of nitrogens with zero attached hydrogens (tertiary/aromatic N) is 2. The quantitative estimate of drug-likeness (QED) is 0.683. The highest BCUT2D eigenvalue weighted by Gasteiger charge is 2.05. The smallest absolute Gasteiger partial charge is 0.218 e. The van der Waals surface area contributed by atoms with Crippen molar-refractivity contribution in [2.24, 2.45) is 12.8 Å². The molecule has 5 nitrogen and oxygen atoms in total. The summed E-state index contributed by atoms with van der Waals surface area (Å²) in [5.74, 6) is -0.281. The number of hydrogen-bond acceptors (Lipinski definition) is 3. The van der Waals surface area contributed by atoms with Gasteiger partial charge in [-0.1, -0.05) is 0 Å². The fourth-order valence-corrected chi connectivity index (χ4v) is 1.23. The summed E-state index contributed by atoms with van der Waals surface area (Å²) in [6, 6.07) is 0.104. The summed E-state index contributed by atoms with van der Waals surface area (Å²) < 4.78 is 1.75. The molecule has 1 atom stereocenters. The third-order valence-electron chi connectivity index (χ3n) is 1.92. The predicted octanol–water partition coefficient (Wildman–Crippen LogP) is -0.226. The molecule has 1 aromatic heterocycles. The summed E-state index contributed by atoms with van der Waals surface area (Å²) >= 11 is 0. The number of aryl methyl sites for hydroxylation is 1. The van der Waals surface area contributed by atoms with Gasteiger partial charge in [0.25, 0.3) is 0 Å². The maximum Gasteiger partial charge on any atom is 0.218 e. The van der Waals surface area contributed by atoms with Crippen LogP contribution in [0.5, 0.6) is 0 Å². The zero-order valence-corrected chi connectivity index (χ0v) is 8.53. The second kappa shape index (κ2) is 4.76. The van der Waals surface area contributed by atoms with Crippen molar-refractivity contribution in [3.8, 4) is 0 Å². The molecule has 0 saturated carbocycles. The van der Waals surface area contributed by atoms with Crippen LogP contribution >= 0.6 is 0 Å². The van der Waals surface area contributed by atoms with Crippen molar-refractivity contribution in [3.63, 3.8) is 0 Å². The van der Waals surface area contributed by atoms with E-state index in [1.54, 1.807) is 10.9 Å². The zero-order valence-electron chi connectivity index (χ0n) is 8.53. The molecule has 1 rings (SSSR count). The van der Waals surface area contributed by atoms with E-state index in [1.165, 1.54) is 0 Å². The molecule has 1 unspecified atom stereocenters. The van der Waals surface area contributed by atoms with Crippen LogP contribution in [0.1, 0.15) is 18.9 Å². The third-order valence-corrected chi connectivity index (χ3v) is 1.92. The van der Waals surface area contributed by atoms with Gasteiger partial charge in [0.2, 0.25) is 5.91 Å². The van der Waals surface area contributed by atoms with E-state index in [9.17, 15) is 4.79 Å². The monoisotopic (exact) mass is 196 g/mol. The first kappa shape index (κ1) is 10.7. The number of nitrogens with one attached hydrogen (secondary N) is 1. The number of aromatic nitrogens is 2. The van der Waals surface area contributed by atoms with Gasteiger partial charge in [0, 0.05) is 37.8 Å². The van der Waals surface area contributed by atoms with Crippen molar-refractivity contribution < 1.29 is 4.79 Å². The molecule has 0 spiro atoms. The van der Waals surface area contributed by atoms with Gasteiger partial charge in [-0.2, -0.15) is 5.10 Å². The fraction of sp³-hybridized carbons (Fsp3) is 0.556. The maximum absolute atomic E-state index is 10.6. The van der Waals surface area contributed by atoms with Crippen LogP contribution in [-0.2, 0) is 18.4 Å². The van der Waals surface area contributed by atoms with Crippen LogP contribution in [0.15, 0.2) is 12.4 Å². The molecule has 0 radical (unpaired) electrons. The molecular formula is C9H16N4O. The number of hydrogen-bond donors (Lipinski definition) is 2. The van der Waals surface area contributed by atoms with E-state index in [4.69, 9.17) is 5.73 Å². The molecule has 0 aliphatic heterocycles. The molecule has 1 heterocycles. The van der Waals surface area contributed by atoms with Crippen LogP contribution in [0, 0.1) is 0 Å². The number of primary amides is 1. The SMILES string of the molecule is CC(CC(N)=O)NCc1cnn(C)c1. The Bertz CT molecular complexity index is 308. The lowest BCUT2D eigenvalue weighted by Gasteiger charge is -2.10. The van der Waals surface area contributed by atoms with E-state index in [0.717, 1.165) is 5.56 Å². The van der Waals surface area contributed by atoms with E-state index in [0.29, 0.717) is 13.0 Å². The van der Waals surface area contributed by atoms with Gasteiger partial charge in [0.15, 0.2) is 0 Å². The van der Waals surface area contributed by atoms with Crippen LogP contribution < -0.4 is 11.1 Å². The van der Waals surface area contributed by atoms with E-state index >= 15 is 0 Å². The van der Waals surface area contributed by atoms with Gasteiger partial charge in [-0.25, -0.2) is 0 Å². The van der Waals surface area contributed by atoms with Crippen molar-refractivity contribution in [1.82, 2.24) is 15.1 Å². The molecule has 3 N–H and O–H groups in total. The van der Waals surface area contributed by atoms with Gasteiger partial charge in [0.1, 0.15) is 0 Å². The Morgan fingerprint density at radius 1 is 1.79 bits per heavy atom. The number of carbonyl (C=O) groups is 1. The van der Waals surface area contributed by atoms with Gasteiger partial charge in [-0.3, -0.25) is 9.48 Å². The lowest BCUT2D eigenvalue weighted by molar-refractivity contribution is -0.118. The lowest BCUT2D eigenvalue weighted by Crippen LogP contribution is -2.30. The average Bonchev–Trinajstić information content (AvgIpc) is 2.47. The highest BCUT2D eigenvalue weighted by Crippen LogP contribution is 1.97. The molecule has 0 saturated heterocycles. The van der Waals surface area contributed by atoms with Gasteiger partial charge >= 0.3 is 0 Å². The summed E-state index contributed by atoms with van der Waals surface area (Å²) in [6.45, 7) is 2.64. The van der Waals surface area contributed by atoms with Crippen molar-refractivity contribution in [2.45, 2.75) is 25.9 Å². The Labute approximate surface area is 83.3 Å². The van der Waals surface area contributed by atoms with E-state index in [1.807, 2.05) is 20.2 Å². The van der Waals surface area contributed by atoms with Crippen LogP contribution in [0.25, 0.3) is 0 Å². The van der Waals surface area contributed by atoms with Crippen molar-refractivity contribution in [3.05, 3.63) is 18.0 Å². The molecule has 0 bridgehead atoms. The predicted molar refractivity (Wildman–Crippen MR) is 53.3 cm³/mol. The van der Waals surface area contributed by atoms with Crippen molar-refractivity contribution in [2.75, 3.05) is 0 Å². The Kier molecular flexibility index (Phi) is 3.64. The first-order valence-electron chi connectivity index (χ1n) is 4.57. The highest BCUT2D eigenvalue weighted by atomic mass is 16.1. The number of nitrogens with two attached hydrogens (primary N) is 1. The van der Waals surface area contributed by atoms with Crippen LogP contribution in [0.2, 0.25) is 0 Å². The second-order valence-electron chi connectivity index (χ2n) is 3.47. The van der Waals surface area contributed by atoms with Crippen LogP contribution in [0.4, 0.5) is 0 Å². The van der Waals surface area contributed by atoms with Gasteiger partial charge in [0.05, 0.1) is 6.20 Å². The van der Waals surface area contributed by atoms with Gasteiger partial charge in [-0.15, -0.1) is 0 Å². The molecule has 0 aromatic carbocycles. The minimum atomic E-state index is -0.281. The summed E-state index contributed by atoms with van der Waals surface area (Å²) in [5.41, 5.74) is 6.17.